The molecule has 5 heteroatoms. The van der Waals surface area contributed by atoms with Crippen LogP contribution in [0.4, 0.5) is 0 Å². The van der Waals surface area contributed by atoms with Crippen LogP contribution in [0.2, 0.25) is 0 Å². The minimum Gasteiger partial charge on any atom is -0.331 e. The Hall–Kier alpha value is -0.620. The summed E-state index contributed by atoms with van der Waals surface area (Å²) in [6.45, 7) is 4.55. The van der Waals surface area contributed by atoms with E-state index < -0.39 is 5.97 Å². The van der Waals surface area contributed by atoms with Gasteiger partial charge in [0.2, 0.25) is 0 Å². The Balaban J connectivity index is 2.52. The first-order valence-electron chi connectivity index (χ1n) is 10.8. The van der Waals surface area contributed by atoms with Crippen molar-refractivity contribution in [3.8, 4) is 0 Å². The van der Waals surface area contributed by atoms with Crippen LogP contribution in [0.3, 0.4) is 0 Å². The van der Waals surface area contributed by atoms with Gasteiger partial charge in [0, 0.05) is 44.4 Å². The summed E-state index contributed by atoms with van der Waals surface area (Å²) in [7, 11) is 5.04. The average Bonchev–Trinajstić information content (AvgIpc) is 2.72. The topological polar surface area (TPSA) is 40.6 Å². The Kier molecular flexibility index (Phi) is 13.8. The Morgan fingerprint density at radius 2 is 1.68 bits per heavy atom. The molecule has 0 aliphatic heterocycles. The van der Waals surface area contributed by atoms with Crippen LogP contribution in [0.5, 0.6) is 0 Å². The first kappa shape index (κ1) is 25.4. The van der Waals surface area contributed by atoms with Crippen molar-refractivity contribution in [1.29, 1.82) is 0 Å². The molecule has 2 atom stereocenters. The molecule has 4 nitrogen and oxygen atoms in total. The molecule has 0 aromatic carbocycles. The standard InChI is InChI=1S/C23H41NO3S/c1-6-7-8-9-10-11-14-21(23(25-3,26-4)27-5)19-20(2)28-18-16-22-15-12-13-17-24-22/h12-13,15,17,20-21H,6-11,14,16,18-19H2,1-5H3. The fourth-order valence-corrected chi connectivity index (χ4v) is 4.84. The SMILES string of the molecule is CCCCCCCCC(CC(C)SCCc1ccccn1)C(OC)(OC)OC. The normalized spacial score (nSPS) is 14.2. The molecule has 0 spiro atoms. The third-order valence-corrected chi connectivity index (χ3v) is 6.56. The number of aryl methyl sites for hydroxylation is 1. The smallest absolute Gasteiger partial charge is 0.285 e. The molecule has 0 saturated heterocycles. The third kappa shape index (κ3) is 9.25. The second-order valence-corrected chi connectivity index (χ2v) is 9.00. The molecule has 0 radical (unpaired) electrons. The molecule has 0 N–H and O–H groups in total. The summed E-state index contributed by atoms with van der Waals surface area (Å²) in [4.78, 5) is 4.41. The molecule has 1 rings (SSSR count). The summed E-state index contributed by atoms with van der Waals surface area (Å²) in [5.41, 5.74) is 1.16. The molecule has 1 heterocycles. The van der Waals surface area contributed by atoms with E-state index in [1.807, 2.05) is 24.0 Å². The van der Waals surface area contributed by atoms with Crippen molar-refractivity contribution in [2.45, 2.75) is 82.9 Å². The van der Waals surface area contributed by atoms with Gasteiger partial charge in [0.15, 0.2) is 0 Å². The first-order valence-corrected chi connectivity index (χ1v) is 11.8. The highest BCUT2D eigenvalue weighted by molar-refractivity contribution is 7.99. The summed E-state index contributed by atoms with van der Waals surface area (Å²) in [5.74, 6) is 0.345. The fourth-order valence-electron chi connectivity index (χ4n) is 3.74. The maximum atomic E-state index is 5.70. The zero-order chi connectivity index (χ0) is 20.7. The lowest BCUT2D eigenvalue weighted by Gasteiger charge is -2.37. The van der Waals surface area contributed by atoms with Crippen molar-refractivity contribution in [3.05, 3.63) is 30.1 Å². The number of nitrogens with zero attached hydrogens (tertiary/aromatic N) is 1. The summed E-state index contributed by atoms with van der Waals surface area (Å²) in [5, 5.41) is 0.508. The number of thioether (sulfide) groups is 1. The van der Waals surface area contributed by atoms with Crippen LogP contribution in [0.1, 0.15) is 70.9 Å². The van der Waals surface area contributed by atoms with Crippen molar-refractivity contribution >= 4 is 11.8 Å². The molecule has 0 aliphatic rings. The fraction of sp³-hybridized carbons (Fsp3) is 0.783. The highest BCUT2D eigenvalue weighted by Crippen LogP contribution is 2.35. The van der Waals surface area contributed by atoms with Crippen LogP contribution in [-0.4, -0.2) is 43.3 Å². The van der Waals surface area contributed by atoms with Crippen molar-refractivity contribution in [2.24, 2.45) is 5.92 Å². The number of hydrogen-bond donors (Lipinski definition) is 0. The summed E-state index contributed by atoms with van der Waals surface area (Å²) in [6.07, 6.45) is 12.7. The van der Waals surface area contributed by atoms with Gasteiger partial charge in [0.25, 0.3) is 5.97 Å². The van der Waals surface area contributed by atoms with E-state index in [-0.39, 0.29) is 5.92 Å². The van der Waals surface area contributed by atoms with E-state index >= 15 is 0 Å². The maximum Gasteiger partial charge on any atom is 0.285 e. The summed E-state index contributed by atoms with van der Waals surface area (Å²) >= 11 is 1.99. The van der Waals surface area contributed by atoms with Gasteiger partial charge in [-0.3, -0.25) is 4.98 Å². The van der Waals surface area contributed by atoms with E-state index in [1.54, 1.807) is 21.3 Å². The lowest BCUT2D eigenvalue weighted by molar-refractivity contribution is -0.380. The molecule has 0 fully saturated rings. The lowest BCUT2D eigenvalue weighted by atomic mass is 9.93. The number of pyridine rings is 1. The Morgan fingerprint density at radius 1 is 1.00 bits per heavy atom. The molecule has 0 bridgehead atoms. The maximum absolute atomic E-state index is 5.70. The van der Waals surface area contributed by atoms with Gasteiger partial charge in [-0.25, -0.2) is 0 Å². The van der Waals surface area contributed by atoms with Crippen LogP contribution in [0.15, 0.2) is 24.4 Å². The number of methoxy groups -OCH3 is 3. The Bertz CT molecular complexity index is 474. The number of aromatic nitrogens is 1. The molecule has 28 heavy (non-hydrogen) atoms. The molecule has 1 aromatic heterocycles. The van der Waals surface area contributed by atoms with Gasteiger partial charge in [0.05, 0.1) is 0 Å². The van der Waals surface area contributed by atoms with Gasteiger partial charge in [0.1, 0.15) is 0 Å². The molecule has 0 aliphatic carbocycles. The molecular weight excluding hydrogens is 370 g/mol. The van der Waals surface area contributed by atoms with Crippen molar-refractivity contribution in [2.75, 3.05) is 27.1 Å². The number of ether oxygens (including phenoxy) is 3. The van der Waals surface area contributed by atoms with Gasteiger partial charge in [-0.1, -0.05) is 58.4 Å². The van der Waals surface area contributed by atoms with E-state index in [1.165, 1.54) is 38.5 Å². The van der Waals surface area contributed by atoms with Crippen molar-refractivity contribution in [1.82, 2.24) is 4.98 Å². The molecule has 0 amide bonds. The van der Waals surface area contributed by atoms with E-state index in [2.05, 4.69) is 31.0 Å². The first-order chi connectivity index (χ1) is 13.6. The molecule has 162 valence electrons. The van der Waals surface area contributed by atoms with E-state index in [0.717, 1.165) is 30.7 Å². The molecular formula is C23H41NO3S. The monoisotopic (exact) mass is 411 g/mol. The van der Waals surface area contributed by atoms with Crippen LogP contribution in [0, 0.1) is 5.92 Å². The molecule has 0 saturated carbocycles. The van der Waals surface area contributed by atoms with Gasteiger partial charge >= 0.3 is 0 Å². The molecule has 2 unspecified atom stereocenters. The average molecular weight is 412 g/mol. The van der Waals surface area contributed by atoms with Gasteiger partial charge < -0.3 is 14.2 Å². The second-order valence-electron chi connectivity index (χ2n) is 7.46. The van der Waals surface area contributed by atoms with Crippen LogP contribution < -0.4 is 0 Å². The van der Waals surface area contributed by atoms with Crippen LogP contribution in [-0.2, 0) is 20.6 Å². The van der Waals surface area contributed by atoms with E-state index in [0.29, 0.717) is 5.25 Å². The van der Waals surface area contributed by atoms with E-state index in [9.17, 15) is 0 Å². The van der Waals surface area contributed by atoms with Gasteiger partial charge in [-0.2, -0.15) is 11.8 Å². The Morgan fingerprint density at radius 3 is 2.29 bits per heavy atom. The van der Waals surface area contributed by atoms with Crippen molar-refractivity contribution in [3.63, 3.8) is 0 Å². The van der Waals surface area contributed by atoms with Gasteiger partial charge in [-0.05, 0) is 37.1 Å². The van der Waals surface area contributed by atoms with E-state index in [4.69, 9.17) is 14.2 Å². The quantitative estimate of drug-likeness (QED) is 0.229. The minimum absolute atomic E-state index is 0.219. The molecule has 1 aromatic rings. The number of unbranched alkanes of at least 4 members (excludes halogenated alkanes) is 5. The van der Waals surface area contributed by atoms with Crippen LogP contribution >= 0.6 is 11.8 Å². The van der Waals surface area contributed by atoms with Crippen LogP contribution in [0.25, 0.3) is 0 Å². The largest absolute Gasteiger partial charge is 0.331 e. The minimum atomic E-state index is -0.945. The third-order valence-electron chi connectivity index (χ3n) is 5.36. The number of rotatable bonds is 17. The van der Waals surface area contributed by atoms with Crippen molar-refractivity contribution < 1.29 is 14.2 Å². The summed E-state index contributed by atoms with van der Waals surface area (Å²) < 4.78 is 17.1. The Labute approximate surface area is 177 Å². The lowest BCUT2D eigenvalue weighted by Crippen LogP contribution is -2.45. The number of hydrogen-bond acceptors (Lipinski definition) is 5. The zero-order valence-electron chi connectivity index (χ0n) is 18.6. The second kappa shape index (κ2) is 15.3. The van der Waals surface area contributed by atoms with Gasteiger partial charge in [-0.15, -0.1) is 0 Å². The zero-order valence-corrected chi connectivity index (χ0v) is 19.4. The predicted molar refractivity (Wildman–Crippen MR) is 120 cm³/mol. The highest BCUT2D eigenvalue weighted by atomic mass is 32.2. The summed E-state index contributed by atoms with van der Waals surface area (Å²) in [6, 6.07) is 6.11. The highest BCUT2D eigenvalue weighted by Gasteiger charge is 2.40. The predicted octanol–water partition coefficient (Wildman–Crippen LogP) is 6.10.